The van der Waals surface area contributed by atoms with Gasteiger partial charge in [0.1, 0.15) is 0 Å². The summed E-state index contributed by atoms with van der Waals surface area (Å²) in [6, 6.07) is 7.60. The highest BCUT2D eigenvalue weighted by Gasteiger charge is 2.36. The van der Waals surface area contributed by atoms with Crippen LogP contribution in [0.4, 0.5) is 0 Å². The molecule has 4 nitrogen and oxygen atoms in total. The lowest BCUT2D eigenvalue weighted by Gasteiger charge is -2.20. The molecule has 2 N–H and O–H groups in total. The van der Waals surface area contributed by atoms with E-state index in [0.29, 0.717) is 13.1 Å². The number of hydrogen-bond acceptors (Lipinski definition) is 3. The van der Waals surface area contributed by atoms with Crippen molar-refractivity contribution in [1.82, 2.24) is 4.31 Å². The Kier molecular flexibility index (Phi) is 4.39. The standard InChI is InChI=1S/C14H20N2O2S/c1-2-8-16(14-6-7-14)19(17,18)11-13-5-3-4-12(9-13)10-15/h2-5,9,14H,1,6-8,10-11,15H2. The zero-order valence-electron chi connectivity index (χ0n) is 11.0. The monoisotopic (exact) mass is 280 g/mol. The van der Waals surface area contributed by atoms with Crippen molar-refractivity contribution < 1.29 is 8.42 Å². The Balaban J connectivity index is 2.16. The van der Waals surface area contributed by atoms with E-state index in [1.165, 1.54) is 0 Å². The van der Waals surface area contributed by atoms with Gasteiger partial charge in [0.05, 0.1) is 5.75 Å². The fraction of sp³-hybridized carbons (Fsp3) is 0.429. The van der Waals surface area contributed by atoms with Gasteiger partial charge in [-0.2, -0.15) is 4.31 Å². The molecule has 0 aromatic heterocycles. The average Bonchev–Trinajstić information content (AvgIpc) is 3.19. The van der Waals surface area contributed by atoms with Gasteiger partial charge in [0.25, 0.3) is 0 Å². The highest BCUT2D eigenvalue weighted by Crippen LogP contribution is 2.30. The molecule has 0 unspecified atom stereocenters. The maximum absolute atomic E-state index is 12.4. The highest BCUT2D eigenvalue weighted by molar-refractivity contribution is 7.88. The SMILES string of the molecule is C=CCN(C1CC1)S(=O)(=O)Cc1cccc(CN)c1. The highest BCUT2D eigenvalue weighted by atomic mass is 32.2. The number of nitrogens with zero attached hydrogens (tertiary/aromatic N) is 1. The van der Waals surface area contributed by atoms with E-state index in [-0.39, 0.29) is 11.8 Å². The first-order valence-electron chi connectivity index (χ1n) is 6.45. The number of nitrogens with two attached hydrogens (primary N) is 1. The van der Waals surface area contributed by atoms with Gasteiger partial charge in [0, 0.05) is 19.1 Å². The first-order chi connectivity index (χ1) is 9.06. The quantitative estimate of drug-likeness (QED) is 0.772. The molecule has 0 aliphatic heterocycles. The van der Waals surface area contributed by atoms with E-state index >= 15 is 0 Å². The average molecular weight is 280 g/mol. The molecule has 2 rings (SSSR count). The zero-order valence-corrected chi connectivity index (χ0v) is 11.8. The van der Waals surface area contributed by atoms with Gasteiger partial charge in [-0.15, -0.1) is 6.58 Å². The van der Waals surface area contributed by atoms with E-state index in [9.17, 15) is 8.42 Å². The van der Waals surface area contributed by atoms with Crippen LogP contribution in [-0.2, 0) is 22.3 Å². The van der Waals surface area contributed by atoms with Crippen molar-refractivity contribution in [1.29, 1.82) is 0 Å². The van der Waals surface area contributed by atoms with Crippen LogP contribution in [0.5, 0.6) is 0 Å². The first kappa shape index (κ1) is 14.2. The van der Waals surface area contributed by atoms with Gasteiger partial charge in [-0.1, -0.05) is 30.3 Å². The summed E-state index contributed by atoms with van der Waals surface area (Å²) in [5.41, 5.74) is 7.32. The number of hydrogen-bond donors (Lipinski definition) is 1. The maximum Gasteiger partial charge on any atom is 0.218 e. The van der Waals surface area contributed by atoms with Crippen LogP contribution in [0, 0.1) is 0 Å². The number of rotatable bonds is 7. The third kappa shape index (κ3) is 3.65. The Morgan fingerprint density at radius 3 is 2.63 bits per heavy atom. The molecule has 5 heteroatoms. The third-order valence-corrected chi connectivity index (χ3v) is 5.06. The van der Waals surface area contributed by atoms with E-state index in [0.717, 1.165) is 24.0 Å². The van der Waals surface area contributed by atoms with Crippen molar-refractivity contribution >= 4 is 10.0 Å². The van der Waals surface area contributed by atoms with Gasteiger partial charge in [-0.25, -0.2) is 8.42 Å². The van der Waals surface area contributed by atoms with Crippen LogP contribution >= 0.6 is 0 Å². The molecule has 1 aliphatic carbocycles. The maximum atomic E-state index is 12.4. The van der Waals surface area contributed by atoms with Crippen LogP contribution in [0.1, 0.15) is 24.0 Å². The molecule has 1 aromatic rings. The fourth-order valence-electron chi connectivity index (χ4n) is 2.12. The minimum absolute atomic E-state index is 0.0329. The van der Waals surface area contributed by atoms with Crippen molar-refractivity contribution in [3.8, 4) is 0 Å². The lowest BCUT2D eigenvalue weighted by Crippen LogP contribution is -2.34. The smallest absolute Gasteiger partial charge is 0.218 e. The minimum atomic E-state index is -3.28. The van der Waals surface area contributed by atoms with Gasteiger partial charge in [-0.05, 0) is 24.0 Å². The van der Waals surface area contributed by atoms with Crippen LogP contribution in [0.3, 0.4) is 0 Å². The van der Waals surface area contributed by atoms with Crippen molar-refractivity contribution in [2.75, 3.05) is 6.54 Å². The van der Waals surface area contributed by atoms with E-state index in [1.807, 2.05) is 24.3 Å². The predicted molar refractivity (Wildman–Crippen MR) is 76.9 cm³/mol. The Hall–Kier alpha value is -1.17. The van der Waals surface area contributed by atoms with Crippen molar-refractivity contribution in [2.45, 2.75) is 31.2 Å². The molecule has 0 spiro atoms. The summed E-state index contributed by atoms with van der Waals surface area (Å²) in [5, 5.41) is 0. The normalized spacial score (nSPS) is 15.7. The number of sulfonamides is 1. The Morgan fingerprint density at radius 2 is 2.05 bits per heavy atom. The van der Waals surface area contributed by atoms with Crippen LogP contribution in [0.2, 0.25) is 0 Å². The molecule has 1 fully saturated rings. The summed E-state index contributed by atoms with van der Waals surface area (Å²) in [4.78, 5) is 0. The molecule has 1 aliphatic rings. The molecule has 0 saturated heterocycles. The summed E-state index contributed by atoms with van der Waals surface area (Å²) in [7, 11) is -3.28. The predicted octanol–water partition coefficient (Wildman–Crippen LogP) is 1.63. The van der Waals surface area contributed by atoms with Gasteiger partial charge >= 0.3 is 0 Å². The largest absolute Gasteiger partial charge is 0.326 e. The number of benzene rings is 1. The van der Waals surface area contributed by atoms with Crippen LogP contribution < -0.4 is 5.73 Å². The van der Waals surface area contributed by atoms with Gasteiger partial charge < -0.3 is 5.73 Å². The Bertz CT molecular complexity index is 550. The molecular weight excluding hydrogens is 260 g/mol. The molecule has 0 atom stereocenters. The first-order valence-corrected chi connectivity index (χ1v) is 8.06. The van der Waals surface area contributed by atoms with Crippen LogP contribution in [0.15, 0.2) is 36.9 Å². The molecule has 0 heterocycles. The van der Waals surface area contributed by atoms with Crippen LogP contribution in [-0.4, -0.2) is 25.3 Å². The second-order valence-corrected chi connectivity index (χ2v) is 6.79. The molecule has 0 bridgehead atoms. The Morgan fingerprint density at radius 1 is 1.37 bits per heavy atom. The van der Waals surface area contributed by atoms with Crippen LogP contribution in [0.25, 0.3) is 0 Å². The summed E-state index contributed by atoms with van der Waals surface area (Å²) in [6.07, 6.45) is 3.55. The zero-order chi connectivity index (χ0) is 13.9. The van der Waals surface area contributed by atoms with Crippen molar-refractivity contribution in [3.05, 3.63) is 48.0 Å². The molecule has 19 heavy (non-hydrogen) atoms. The minimum Gasteiger partial charge on any atom is -0.326 e. The van der Waals surface area contributed by atoms with Gasteiger partial charge in [0.15, 0.2) is 0 Å². The summed E-state index contributed by atoms with van der Waals surface area (Å²) in [6.45, 7) is 4.45. The molecule has 1 aromatic carbocycles. The summed E-state index contributed by atoms with van der Waals surface area (Å²) in [5.74, 6) is 0.0329. The molecular formula is C14H20N2O2S. The third-order valence-electron chi connectivity index (χ3n) is 3.20. The van der Waals surface area contributed by atoms with Gasteiger partial charge in [-0.3, -0.25) is 0 Å². The second-order valence-electron chi connectivity index (χ2n) is 4.87. The lowest BCUT2D eigenvalue weighted by atomic mass is 10.1. The Labute approximate surface area is 115 Å². The van der Waals surface area contributed by atoms with E-state index in [1.54, 1.807) is 10.4 Å². The van der Waals surface area contributed by atoms with Crippen molar-refractivity contribution in [3.63, 3.8) is 0 Å². The second kappa shape index (κ2) is 5.86. The summed E-state index contributed by atoms with van der Waals surface area (Å²) < 4.78 is 26.4. The topological polar surface area (TPSA) is 63.4 Å². The van der Waals surface area contributed by atoms with E-state index in [4.69, 9.17) is 5.73 Å². The van der Waals surface area contributed by atoms with E-state index in [2.05, 4.69) is 6.58 Å². The molecule has 104 valence electrons. The molecule has 0 radical (unpaired) electrons. The molecule has 0 amide bonds. The van der Waals surface area contributed by atoms with Gasteiger partial charge in [0.2, 0.25) is 10.0 Å². The molecule has 1 saturated carbocycles. The van der Waals surface area contributed by atoms with Crippen molar-refractivity contribution in [2.24, 2.45) is 5.73 Å². The lowest BCUT2D eigenvalue weighted by molar-refractivity contribution is 0.435. The summed E-state index contributed by atoms with van der Waals surface area (Å²) >= 11 is 0. The van der Waals surface area contributed by atoms with E-state index < -0.39 is 10.0 Å². The fourth-order valence-corrected chi connectivity index (χ4v) is 3.88.